The Labute approximate surface area is 85.9 Å². The van der Waals surface area contributed by atoms with Crippen molar-refractivity contribution in [1.82, 2.24) is 5.32 Å². The van der Waals surface area contributed by atoms with Crippen molar-refractivity contribution in [1.29, 1.82) is 0 Å². The summed E-state index contributed by atoms with van der Waals surface area (Å²) in [4.78, 5) is 11.3. The van der Waals surface area contributed by atoms with Crippen molar-refractivity contribution in [3.8, 4) is 0 Å². The minimum atomic E-state index is -0.509. The summed E-state index contributed by atoms with van der Waals surface area (Å²) in [6, 6.07) is -0.156. The summed E-state index contributed by atoms with van der Waals surface area (Å²) in [5, 5.41) is 11.6. The van der Waals surface area contributed by atoms with E-state index in [9.17, 15) is 4.79 Å². The van der Waals surface area contributed by atoms with Gasteiger partial charge in [-0.15, -0.1) is 0 Å². The third-order valence-electron chi connectivity index (χ3n) is 2.11. The van der Waals surface area contributed by atoms with Gasteiger partial charge < -0.3 is 16.2 Å². The zero-order valence-corrected chi connectivity index (χ0v) is 9.50. The molecule has 4 N–H and O–H groups in total. The standard InChI is InChI=1S/C10H22N2O2/c1-7(13)6-12-9(14)5-8(11)10(2,3)4/h7-8,13H,5-6,11H2,1-4H3,(H,12,14)/t7-,8?/m1/s1. The predicted octanol–water partition coefficient (Wildman–Crippen LogP) is 0.247. The predicted molar refractivity (Wildman–Crippen MR) is 56.7 cm³/mol. The van der Waals surface area contributed by atoms with Crippen LogP contribution in [0.15, 0.2) is 0 Å². The molecule has 0 aromatic carbocycles. The summed E-state index contributed by atoms with van der Waals surface area (Å²) in [5.74, 6) is -0.103. The van der Waals surface area contributed by atoms with E-state index in [1.807, 2.05) is 20.8 Å². The minimum absolute atomic E-state index is 0.0673. The van der Waals surface area contributed by atoms with Gasteiger partial charge in [0.1, 0.15) is 0 Å². The average Bonchev–Trinajstić information content (AvgIpc) is 1.99. The van der Waals surface area contributed by atoms with E-state index in [1.165, 1.54) is 0 Å². The number of carbonyl (C=O) groups excluding carboxylic acids is 1. The number of carbonyl (C=O) groups is 1. The lowest BCUT2D eigenvalue weighted by Gasteiger charge is -2.26. The summed E-state index contributed by atoms with van der Waals surface area (Å²) in [5.41, 5.74) is 5.77. The molecular formula is C10H22N2O2. The number of aliphatic hydroxyl groups is 1. The van der Waals surface area contributed by atoms with Gasteiger partial charge in [0, 0.05) is 19.0 Å². The summed E-state index contributed by atoms with van der Waals surface area (Å²) >= 11 is 0. The highest BCUT2D eigenvalue weighted by atomic mass is 16.3. The normalized spacial score (nSPS) is 16.1. The molecule has 0 fully saturated rings. The van der Waals surface area contributed by atoms with Crippen molar-refractivity contribution in [3.63, 3.8) is 0 Å². The molecule has 0 aromatic heterocycles. The molecule has 14 heavy (non-hydrogen) atoms. The fourth-order valence-electron chi connectivity index (χ4n) is 0.840. The quantitative estimate of drug-likeness (QED) is 0.611. The Balaban J connectivity index is 3.84. The van der Waals surface area contributed by atoms with E-state index in [4.69, 9.17) is 10.8 Å². The molecule has 2 atom stereocenters. The van der Waals surface area contributed by atoms with E-state index in [1.54, 1.807) is 6.92 Å². The van der Waals surface area contributed by atoms with Gasteiger partial charge in [-0.2, -0.15) is 0 Å². The Morgan fingerprint density at radius 1 is 1.50 bits per heavy atom. The Morgan fingerprint density at radius 2 is 2.00 bits per heavy atom. The second kappa shape index (κ2) is 5.32. The molecule has 0 aliphatic carbocycles. The number of hydrogen-bond donors (Lipinski definition) is 3. The highest BCUT2D eigenvalue weighted by molar-refractivity contribution is 5.76. The van der Waals surface area contributed by atoms with Crippen LogP contribution < -0.4 is 11.1 Å². The van der Waals surface area contributed by atoms with Crippen molar-refractivity contribution in [2.75, 3.05) is 6.54 Å². The molecule has 1 unspecified atom stereocenters. The molecule has 0 aliphatic rings. The maximum absolute atomic E-state index is 11.3. The smallest absolute Gasteiger partial charge is 0.221 e. The van der Waals surface area contributed by atoms with Crippen molar-refractivity contribution >= 4 is 5.91 Å². The first-order valence-electron chi connectivity index (χ1n) is 4.94. The first-order chi connectivity index (χ1) is 6.23. The SMILES string of the molecule is C[C@@H](O)CNC(=O)CC(N)C(C)(C)C. The monoisotopic (exact) mass is 202 g/mol. The number of nitrogens with two attached hydrogens (primary N) is 1. The maximum atomic E-state index is 11.3. The molecule has 4 heteroatoms. The van der Waals surface area contributed by atoms with Crippen LogP contribution in [0, 0.1) is 5.41 Å². The number of hydrogen-bond acceptors (Lipinski definition) is 3. The van der Waals surface area contributed by atoms with Crippen molar-refractivity contribution in [2.45, 2.75) is 46.3 Å². The zero-order chi connectivity index (χ0) is 11.4. The molecule has 84 valence electrons. The van der Waals surface area contributed by atoms with E-state index < -0.39 is 6.10 Å². The van der Waals surface area contributed by atoms with Gasteiger partial charge in [-0.3, -0.25) is 4.79 Å². The van der Waals surface area contributed by atoms with Crippen LogP contribution in [0.5, 0.6) is 0 Å². The van der Waals surface area contributed by atoms with E-state index in [0.29, 0.717) is 6.42 Å². The van der Waals surface area contributed by atoms with Crippen molar-refractivity contribution in [2.24, 2.45) is 11.1 Å². The number of rotatable bonds is 4. The first kappa shape index (κ1) is 13.4. The topological polar surface area (TPSA) is 75.3 Å². The summed E-state index contributed by atoms with van der Waals surface area (Å²) in [6.45, 7) is 7.92. The van der Waals surface area contributed by atoms with Crippen LogP contribution in [0.25, 0.3) is 0 Å². The molecule has 0 heterocycles. The Hall–Kier alpha value is -0.610. The lowest BCUT2D eigenvalue weighted by molar-refractivity contribution is -0.122. The van der Waals surface area contributed by atoms with Crippen LogP contribution in [0.4, 0.5) is 0 Å². The molecule has 0 aliphatic heterocycles. The average molecular weight is 202 g/mol. The molecule has 0 aromatic rings. The highest BCUT2D eigenvalue weighted by Gasteiger charge is 2.22. The Morgan fingerprint density at radius 3 is 2.36 bits per heavy atom. The molecule has 0 saturated carbocycles. The molecule has 0 spiro atoms. The lowest BCUT2D eigenvalue weighted by Crippen LogP contribution is -2.41. The van der Waals surface area contributed by atoms with E-state index >= 15 is 0 Å². The summed E-state index contributed by atoms with van der Waals surface area (Å²) < 4.78 is 0. The molecular weight excluding hydrogens is 180 g/mol. The third-order valence-corrected chi connectivity index (χ3v) is 2.11. The van der Waals surface area contributed by atoms with E-state index in [2.05, 4.69) is 5.32 Å². The van der Waals surface area contributed by atoms with Gasteiger partial charge >= 0.3 is 0 Å². The van der Waals surface area contributed by atoms with Crippen LogP contribution in [-0.4, -0.2) is 29.7 Å². The lowest BCUT2D eigenvalue weighted by atomic mass is 9.85. The minimum Gasteiger partial charge on any atom is -0.392 e. The van der Waals surface area contributed by atoms with Crippen LogP contribution in [-0.2, 0) is 4.79 Å². The van der Waals surface area contributed by atoms with Crippen LogP contribution >= 0.6 is 0 Å². The molecule has 0 bridgehead atoms. The maximum Gasteiger partial charge on any atom is 0.221 e. The van der Waals surface area contributed by atoms with Crippen LogP contribution in [0.3, 0.4) is 0 Å². The van der Waals surface area contributed by atoms with Gasteiger partial charge in [0.15, 0.2) is 0 Å². The second-order valence-electron chi connectivity index (χ2n) is 4.83. The van der Waals surface area contributed by atoms with Gasteiger partial charge in [-0.05, 0) is 12.3 Å². The Bertz CT molecular complexity index is 185. The van der Waals surface area contributed by atoms with Crippen LogP contribution in [0.2, 0.25) is 0 Å². The molecule has 0 rings (SSSR count). The fraction of sp³-hybridized carbons (Fsp3) is 0.900. The number of aliphatic hydroxyl groups excluding tert-OH is 1. The fourth-order valence-corrected chi connectivity index (χ4v) is 0.840. The summed E-state index contributed by atoms with van der Waals surface area (Å²) in [7, 11) is 0. The van der Waals surface area contributed by atoms with E-state index in [-0.39, 0.29) is 23.9 Å². The van der Waals surface area contributed by atoms with Gasteiger partial charge in [0.05, 0.1) is 6.10 Å². The van der Waals surface area contributed by atoms with Crippen molar-refractivity contribution < 1.29 is 9.90 Å². The van der Waals surface area contributed by atoms with Crippen LogP contribution in [0.1, 0.15) is 34.1 Å². The third kappa shape index (κ3) is 5.94. The molecule has 1 amide bonds. The Kier molecular flexibility index (Phi) is 5.08. The highest BCUT2D eigenvalue weighted by Crippen LogP contribution is 2.19. The first-order valence-corrected chi connectivity index (χ1v) is 4.94. The zero-order valence-electron chi connectivity index (χ0n) is 9.50. The largest absolute Gasteiger partial charge is 0.392 e. The molecule has 4 nitrogen and oxygen atoms in total. The van der Waals surface area contributed by atoms with E-state index in [0.717, 1.165) is 0 Å². The van der Waals surface area contributed by atoms with Gasteiger partial charge in [0.25, 0.3) is 0 Å². The van der Waals surface area contributed by atoms with Gasteiger partial charge in [0.2, 0.25) is 5.91 Å². The van der Waals surface area contributed by atoms with Gasteiger partial charge in [-0.1, -0.05) is 20.8 Å². The second-order valence-corrected chi connectivity index (χ2v) is 4.83. The molecule has 0 radical (unpaired) electrons. The van der Waals surface area contributed by atoms with Crippen molar-refractivity contribution in [3.05, 3.63) is 0 Å². The number of nitrogens with one attached hydrogen (secondary N) is 1. The summed E-state index contributed by atoms with van der Waals surface area (Å²) in [6.07, 6.45) is -0.208. The van der Waals surface area contributed by atoms with Gasteiger partial charge in [-0.25, -0.2) is 0 Å². The molecule has 0 saturated heterocycles. The number of amides is 1.